The Morgan fingerprint density at radius 3 is 2.94 bits per heavy atom. The lowest BCUT2D eigenvalue weighted by Gasteiger charge is -2.12. The Morgan fingerprint density at radius 1 is 1.50 bits per heavy atom. The minimum Gasteiger partial charge on any atom is -0.414 e. The van der Waals surface area contributed by atoms with Gasteiger partial charge in [0.05, 0.1) is 12.5 Å². The van der Waals surface area contributed by atoms with Crippen LogP contribution in [0.25, 0.3) is 0 Å². The molecule has 0 spiro atoms. The summed E-state index contributed by atoms with van der Waals surface area (Å²) in [5, 5.41) is 19.4. The number of aromatic amines is 1. The number of aromatic nitrogens is 2. The fourth-order valence-corrected chi connectivity index (χ4v) is 1.76. The molecule has 0 radical (unpaired) electrons. The van der Waals surface area contributed by atoms with Crippen molar-refractivity contribution in [3.63, 3.8) is 0 Å². The van der Waals surface area contributed by atoms with E-state index in [2.05, 4.69) is 15.5 Å². The number of aliphatic hydroxyl groups is 1. The van der Waals surface area contributed by atoms with Crippen LogP contribution in [-0.2, 0) is 6.42 Å². The van der Waals surface area contributed by atoms with Crippen molar-refractivity contribution in [3.8, 4) is 0 Å². The Hall–Kier alpha value is -1.66. The first-order chi connectivity index (χ1) is 8.65. The highest BCUT2D eigenvalue weighted by Crippen LogP contribution is 2.13. The van der Waals surface area contributed by atoms with Gasteiger partial charge in [-0.05, 0) is 30.8 Å². The second kappa shape index (κ2) is 5.79. The van der Waals surface area contributed by atoms with Gasteiger partial charge in [0.15, 0.2) is 0 Å². The summed E-state index contributed by atoms with van der Waals surface area (Å²) in [6, 6.07) is 7.92. The number of aryl methyl sites for hydroxylation is 1. The lowest BCUT2D eigenvalue weighted by Crippen LogP contribution is -2.22. The Kier molecular flexibility index (Phi) is 4.11. The number of nitrogens with zero attached hydrogens (tertiary/aromatic N) is 1. The molecule has 1 atom stereocenters. The van der Waals surface area contributed by atoms with Crippen LogP contribution in [0.3, 0.4) is 0 Å². The molecule has 0 saturated heterocycles. The van der Waals surface area contributed by atoms with E-state index in [1.54, 1.807) is 0 Å². The molecule has 1 heterocycles. The van der Waals surface area contributed by atoms with E-state index in [9.17, 15) is 5.11 Å². The largest absolute Gasteiger partial charge is 0.414 e. The third-order valence-corrected chi connectivity index (χ3v) is 2.74. The molecule has 0 aliphatic rings. The average molecular weight is 265 g/mol. The maximum absolute atomic E-state index is 9.85. The normalized spacial score (nSPS) is 12.3. The zero-order chi connectivity index (χ0) is 13.0. The second-order valence-electron chi connectivity index (χ2n) is 4.06. The van der Waals surface area contributed by atoms with Crippen LogP contribution in [0.15, 0.2) is 28.7 Å². The second-order valence-corrected chi connectivity index (χ2v) is 4.43. The monoisotopic (exact) mass is 265 g/mol. The van der Waals surface area contributed by atoms with E-state index in [1.165, 1.54) is 0 Å². The van der Waals surface area contributed by atoms with Gasteiger partial charge >= 0.3 is 0 Å². The highest BCUT2D eigenvalue weighted by atomic mass is 32.1. The number of hydrogen-bond acceptors (Lipinski definition) is 5. The minimum atomic E-state index is -0.578. The number of hydrogen-bond donors (Lipinski definition) is 3. The maximum atomic E-state index is 9.85. The summed E-state index contributed by atoms with van der Waals surface area (Å²) < 4.78 is 5.09. The molecule has 0 bridgehead atoms. The van der Waals surface area contributed by atoms with Crippen molar-refractivity contribution >= 4 is 17.9 Å². The highest BCUT2D eigenvalue weighted by Gasteiger charge is 2.09. The molecule has 2 aromatic rings. The Labute approximate surface area is 110 Å². The van der Waals surface area contributed by atoms with E-state index in [-0.39, 0.29) is 4.84 Å². The van der Waals surface area contributed by atoms with Crippen LogP contribution in [0, 0.1) is 11.8 Å². The van der Waals surface area contributed by atoms with Crippen LogP contribution in [0.2, 0.25) is 0 Å². The smallest absolute Gasteiger partial charge is 0.284 e. The SMILES string of the molecule is Cc1ccccc1NCC(O)Cc1n[nH]c(=S)o1. The number of nitrogens with one attached hydrogen (secondary N) is 2. The van der Waals surface area contributed by atoms with Crippen molar-refractivity contribution in [1.29, 1.82) is 0 Å². The number of para-hydroxylation sites is 1. The molecule has 5 nitrogen and oxygen atoms in total. The van der Waals surface area contributed by atoms with Crippen LogP contribution in [-0.4, -0.2) is 28.0 Å². The molecule has 0 fully saturated rings. The molecule has 1 aromatic carbocycles. The van der Waals surface area contributed by atoms with E-state index >= 15 is 0 Å². The number of H-pyrrole nitrogens is 1. The summed E-state index contributed by atoms with van der Waals surface area (Å²) in [5.41, 5.74) is 2.15. The van der Waals surface area contributed by atoms with Crippen LogP contribution < -0.4 is 5.32 Å². The molecule has 0 amide bonds. The van der Waals surface area contributed by atoms with Gasteiger partial charge < -0.3 is 14.8 Å². The molecule has 0 aliphatic heterocycles. The molecule has 0 saturated carbocycles. The van der Waals surface area contributed by atoms with Gasteiger partial charge in [0.2, 0.25) is 5.89 Å². The summed E-state index contributed by atoms with van der Waals surface area (Å²) in [5.74, 6) is 0.416. The third-order valence-electron chi connectivity index (χ3n) is 2.57. The highest BCUT2D eigenvalue weighted by molar-refractivity contribution is 7.71. The van der Waals surface area contributed by atoms with Gasteiger partial charge in [0.25, 0.3) is 4.84 Å². The minimum absolute atomic E-state index is 0.226. The van der Waals surface area contributed by atoms with Gasteiger partial charge in [0, 0.05) is 12.2 Å². The Morgan fingerprint density at radius 2 is 2.28 bits per heavy atom. The predicted octanol–water partition coefficient (Wildman–Crippen LogP) is 2.06. The van der Waals surface area contributed by atoms with E-state index in [1.807, 2.05) is 31.2 Å². The van der Waals surface area contributed by atoms with Crippen molar-refractivity contribution in [2.75, 3.05) is 11.9 Å². The molecule has 3 N–H and O–H groups in total. The molecule has 1 aromatic heterocycles. The van der Waals surface area contributed by atoms with Crippen LogP contribution in [0.5, 0.6) is 0 Å². The molecule has 2 rings (SSSR count). The van der Waals surface area contributed by atoms with E-state index in [0.29, 0.717) is 18.9 Å². The molecule has 6 heteroatoms. The van der Waals surface area contributed by atoms with Gasteiger partial charge in [-0.3, -0.25) is 0 Å². The third kappa shape index (κ3) is 3.41. The summed E-state index contributed by atoms with van der Waals surface area (Å²) in [6.07, 6.45) is -0.252. The number of rotatable bonds is 5. The first-order valence-electron chi connectivity index (χ1n) is 5.67. The molecule has 1 unspecified atom stereocenters. The van der Waals surface area contributed by atoms with Gasteiger partial charge in [-0.15, -0.1) is 5.10 Å². The van der Waals surface area contributed by atoms with E-state index in [0.717, 1.165) is 11.3 Å². The van der Waals surface area contributed by atoms with Crippen molar-refractivity contribution in [2.24, 2.45) is 0 Å². The van der Waals surface area contributed by atoms with Crippen LogP contribution in [0.1, 0.15) is 11.5 Å². The van der Waals surface area contributed by atoms with Crippen LogP contribution >= 0.6 is 12.2 Å². The molecule has 18 heavy (non-hydrogen) atoms. The van der Waals surface area contributed by atoms with Crippen LogP contribution in [0.4, 0.5) is 5.69 Å². The first kappa shape index (κ1) is 12.8. The molecule has 96 valence electrons. The fourth-order valence-electron chi connectivity index (χ4n) is 1.62. The van der Waals surface area contributed by atoms with Crippen molar-refractivity contribution in [3.05, 3.63) is 40.6 Å². The molecule has 0 aliphatic carbocycles. The van der Waals surface area contributed by atoms with Crippen molar-refractivity contribution < 1.29 is 9.52 Å². The molecular formula is C12H15N3O2S. The average Bonchev–Trinajstić information content (AvgIpc) is 2.74. The zero-order valence-corrected chi connectivity index (χ0v) is 10.8. The van der Waals surface area contributed by atoms with E-state index in [4.69, 9.17) is 16.6 Å². The summed E-state index contributed by atoms with van der Waals surface area (Å²) >= 11 is 4.76. The quantitative estimate of drug-likeness (QED) is 0.722. The number of benzene rings is 1. The van der Waals surface area contributed by atoms with Gasteiger partial charge in [-0.2, -0.15) is 0 Å². The first-order valence-corrected chi connectivity index (χ1v) is 6.08. The maximum Gasteiger partial charge on any atom is 0.284 e. The van der Waals surface area contributed by atoms with E-state index < -0.39 is 6.10 Å². The summed E-state index contributed by atoms with van der Waals surface area (Å²) in [7, 11) is 0. The van der Waals surface area contributed by atoms with Gasteiger partial charge in [-0.1, -0.05) is 18.2 Å². The topological polar surface area (TPSA) is 74.1 Å². The number of aliphatic hydroxyl groups excluding tert-OH is 1. The van der Waals surface area contributed by atoms with Crippen molar-refractivity contribution in [2.45, 2.75) is 19.4 Å². The molecular weight excluding hydrogens is 250 g/mol. The number of anilines is 1. The van der Waals surface area contributed by atoms with Crippen molar-refractivity contribution in [1.82, 2.24) is 10.2 Å². The summed E-state index contributed by atoms with van der Waals surface area (Å²) in [6.45, 7) is 2.45. The lowest BCUT2D eigenvalue weighted by atomic mass is 10.2. The summed E-state index contributed by atoms with van der Waals surface area (Å²) in [4.78, 5) is 0.226. The standard InChI is InChI=1S/C12H15N3O2S/c1-8-4-2-3-5-10(8)13-7-9(16)6-11-14-15-12(18)17-11/h2-5,9,13,16H,6-7H2,1H3,(H,15,18). The van der Waals surface area contributed by atoms with Gasteiger partial charge in [-0.25, -0.2) is 5.10 Å². The predicted molar refractivity (Wildman–Crippen MR) is 71.1 cm³/mol. The van der Waals surface area contributed by atoms with Gasteiger partial charge in [0.1, 0.15) is 0 Å². The lowest BCUT2D eigenvalue weighted by molar-refractivity contribution is 0.178. The fraction of sp³-hybridized carbons (Fsp3) is 0.333. The zero-order valence-electron chi connectivity index (χ0n) is 10.0. The Balaban J connectivity index is 1.87. The Bertz CT molecular complexity index is 564.